The number of nitrogens with one attached hydrogen (secondary N) is 1. The third-order valence-corrected chi connectivity index (χ3v) is 5.31. The third-order valence-electron chi connectivity index (χ3n) is 2.80. The standard InChI is InChI=1S/C14H15Br2NO2S/c1-18-12-6-9(5-11(16)14(12)19-2)7-17-8-13-10(15)3-4-20-13/h3-6,17H,7-8H2,1-2H3. The predicted octanol–water partition coefficient (Wildman–Crippen LogP) is 4.58. The van der Waals surface area contributed by atoms with Gasteiger partial charge in [-0.25, -0.2) is 0 Å². The minimum Gasteiger partial charge on any atom is -0.493 e. The third kappa shape index (κ3) is 3.75. The zero-order valence-corrected chi connectivity index (χ0v) is 15.2. The molecule has 0 atom stereocenters. The first kappa shape index (κ1) is 15.8. The molecule has 0 aliphatic heterocycles. The maximum atomic E-state index is 5.34. The van der Waals surface area contributed by atoms with Crippen molar-refractivity contribution in [3.05, 3.63) is 43.0 Å². The van der Waals surface area contributed by atoms with Crippen LogP contribution >= 0.6 is 43.2 Å². The number of ether oxygens (including phenoxy) is 2. The minimum atomic E-state index is 0.720. The van der Waals surface area contributed by atoms with Crippen LogP contribution in [0.5, 0.6) is 11.5 Å². The Kier molecular flexibility index (Phi) is 5.89. The highest BCUT2D eigenvalue weighted by Crippen LogP contribution is 2.36. The van der Waals surface area contributed by atoms with Crippen LogP contribution in [0.4, 0.5) is 0 Å². The Bertz CT molecular complexity index is 587. The molecule has 1 heterocycles. The smallest absolute Gasteiger partial charge is 0.174 e. The molecular formula is C14H15Br2NO2S. The van der Waals surface area contributed by atoms with Gasteiger partial charge in [0.25, 0.3) is 0 Å². The van der Waals surface area contributed by atoms with Crippen molar-refractivity contribution in [2.24, 2.45) is 0 Å². The molecule has 6 heteroatoms. The number of hydrogen-bond donors (Lipinski definition) is 1. The molecule has 0 aliphatic rings. The van der Waals surface area contributed by atoms with Crippen LogP contribution in [0, 0.1) is 0 Å². The van der Waals surface area contributed by atoms with E-state index >= 15 is 0 Å². The van der Waals surface area contributed by atoms with Crippen LogP contribution in [0.1, 0.15) is 10.4 Å². The molecule has 0 spiro atoms. The Morgan fingerprint density at radius 3 is 2.50 bits per heavy atom. The summed E-state index contributed by atoms with van der Waals surface area (Å²) >= 11 is 8.77. The molecule has 1 aromatic carbocycles. The number of halogens is 2. The molecule has 1 N–H and O–H groups in total. The van der Waals surface area contributed by atoms with Crippen molar-refractivity contribution in [3.8, 4) is 11.5 Å². The molecule has 108 valence electrons. The average Bonchev–Trinajstić information content (AvgIpc) is 2.84. The van der Waals surface area contributed by atoms with Gasteiger partial charge in [-0.3, -0.25) is 0 Å². The van der Waals surface area contributed by atoms with Crippen molar-refractivity contribution in [2.45, 2.75) is 13.1 Å². The second kappa shape index (κ2) is 7.45. The van der Waals surface area contributed by atoms with Gasteiger partial charge in [0.15, 0.2) is 11.5 Å². The van der Waals surface area contributed by atoms with Gasteiger partial charge in [-0.05, 0) is 61.0 Å². The zero-order chi connectivity index (χ0) is 14.5. The molecule has 3 nitrogen and oxygen atoms in total. The van der Waals surface area contributed by atoms with Crippen LogP contribution in [-0.4, -0.2) is 14.2 Å². The summed E-state index contributed by atoms with van der Waals surface area (Å²) < 4.78 is 12.7. The van der Waals surface area contributed by atoms with Crippen molar-refractivity contribution in [2.75, 3.05) is 14.2 Å². The van der Waals surface area contributed by atoms with Crippen molar-refractivity contribution in [1.29, 1.82) is 0 Å². The van der Waals surface area contributed by atoms with E-state index in [-0.39, 0.29) is 0 Å². The lowest BCUT2D eigenvalue weighted by atomic mass is 10.2. The van der Waals surface area contributed by atoms with Gasteiger partial charge in [0.1, 0.15) is 0 Å². The van der Waals surface area contributed by atoms with Crippen LogP contribution in [0.2, 0.25) is 0 Å². The van der Waals surface area contributed by atoms with E-state index in [9.17, 15) is 0 Å². The fourth-order valence-electron chi connectivity index (χ4n) is 1.84. The van der Waals surface area contributed by atoms with Gasteiger partial charge in [0.2, 0.25) is 0 Å². The number of methoxy groups -OCH3 is 2. The van der Waals surface area contributed by atoms with E-state index in [1.165, 1.54) is 4.88 Å². The fraction of sp³-hybridized carbons (Fsp3) is 0.286. The molecule has 0 aliphatic carbocycles. The number of hydrogen-bond acceptors (Lipinski definition) is 4. The summed E-state index contributed by atoms with van der Waals surface area (Å²) in [5, 5.41) is 5.50. The molecule has 0 unspecified atom stereocenters. The lowest BCUT2D eigenvalue weighted by Crippen LogP contribution is -2.12. The quantitative estimate of drug-likeness (QED) is 0.741. The lowest BCUT2D eigenvalue weighted by molar-refractivity contribution is 0.352. The molecule has 2 aromatic rings. The van der Waals surface area contributed by atoms with E-state index in [2.05, 4.69) is 48.6 Å². The summed E-state index contributed by atoms with van der Waals surface area (Å²) in [6.07, 6.45) is 0. The summed E-state index contributed by atoms with van der Waals surface area (Å²) in [5.41, 5.74) is 1.14. The highest BCUT2D eigenvalue weighted by molar-refractivity contribution is 9.10. The minimum absolute atomic E-state index is 0.720. The summed E-state index contributed by atoms with van der Waals surface area (Å²) in [6.45, 7) is 1.60. The van der Waals surface area contributed by atoms with Crippen LogP contribution in [0.25, 0.3) is 0 Å². The highest BCUT2D eigenvalue weighted by Gasteiger charge is 2.10. The predicted molar refractivity (Wildman–Crippen MR) is 89.8 cm³/mol. The fourth-order valence-corrected chi connectivity index (χ4v) is 3.96. The van der Waals surface area contributed by atoms with Gasteiger partial charge in [-0.2, -0.15) is 0 Å². The molecule has 0 fully saturated rings. The highest BCUT2D eigenvalue weighted by atomic mass is 79.9. The van der Waals surface area contributed by atoms with Gasteiger partial charge in [-0.15, -0.1) is 11.3 Å². The number of rotatable bonds is 6. The van der Waals surface area contributed by atoms with Crippen molar-refractivity contribution >= 4 is 43.2 Å². The molecule has 0 bridgehead atoms. The summed E-state index contributed by atoms with van der Waals surface area (Å²) in [4.78, 5) is 1.30. The van der Waals surface area contributed by atoms with E-state index in [4.69, 9.17) is 9.47 Å². The maximum Gasteiger partial charge on any atom is 0.174 e. The van der Waals surface area contributed by atoms with Gasteiger partial charge in [-0.1, -0.05) is 0 Å². The van der Waals surface area contributed by atoms with Gasteiger partial charge < -0.3 is 14.8 Å². The lowest BCUT2D eigenvalue weighted by Gasteiger charge is -2.12. The first-order valence-electron chi connectivity index (χ1n) is 5.98. The van der Waals surface area contributed by atoms with Crippen molar-refractivity contribution in [1.82, 2.24) is 5.32 Å². The van der Waals surface area contributed by atoms with E-state index < -0.39 is 0 Å². The molecule has 0 saturated carbocycles. The van der Waals surface area contributed by atoms with Crippen molar-refractivity contribution in [3.63, 3.8) is 0 Å². The second-order valence-electron chi connectivity index (χ2n) is 4.11. The monoisotopic (exact) mass is 419 g/mol. The van der Waals surface area contributed by atoms with E-state index in [1.807, 2.05) is 12.1 Å². The Labute approximate surface area is 139 Å². The summed E-state index contributed by atoms with van der Waals surface area (Å²) in [6, 6.07) is 6.09. The van der Waals surface area contributed by atoms with Gasteiger partial charge >= 0.3 is 0 Å². The van der Waals surface area contributed by atoms with Gasteiger partial charge in [0.05, 0.1) is 18.7 Å². The SMILES string of the molecule is COc1cc(CNCc2sccc2Br)cc(Br)c1OC. The Morgan fingerprint density at radius 2 is 1.90 bits per heavy atom. The van der Waals surface area contributed by atoms with Crippen LogP contribution in [0.3, 0.4) is 0 Å². The normalized spacial score (nSPS) is 10.6. The Morgan fingerprint density at radius 1 is 1.10 bits per heavy atom. The van der Waals surface area contributed by atoms with E-state index in [1.54, 1.807) is 25.6 Å². The Hall–Kier alpha value is -0.560. The second-order valence-corrected chi connectivity index (χ2v) is 6.82. The molecular weight excluding hydrogens is 406 g/mol. The van der Waals surface area contributed by atoms with E-state index in [0.717, 1.165) is 39.1 Å². The average molecular weight is 421 g/mol. The molecule has 2 rings (SSSR count). The molecule has 20 heavy (non-hydrogen) atoms. The van der Waals surface area contributed by atoms with Crippen LogP contribution in [0.15, 0.2) is 32.5 Å². The Balaban J connectivity index is 2.03. The first-order chi connectivity index (χ1) is 9.65. The number of thiophene rings is 1. The van der Waals surface area contributed by atoms with Gasteiger partial charge in [0, 0.05) is 22.4 Å². The largest absolute Gasteiger partial charge is 0.493 e. The summed E-state index contributed by atoms with van der Waals surface area (Å²) in [7, 11) is 3.28. The topological polar surface area (TPSA) is 30.5 Å². The first-order valence-corrected chi connectivity index (χ1v) is 8.45. The van der Waals surface area contributed by atoms with Crippen LogP contribution in [-0.2, 0) is 13.1 Å². The molecule has 1 aromatic heterocycles. The van der Waals surface area contributed by atoms with Crippen LogP contribution < -0.4 is 14.8 Å². The van der Waals surface area contributed by atoms with Crippen molar-refractivity contribution < 1.29 is 9.47 Å². The molecule has 0 saturated heterocycles. The number of benzene rings is 1. The zero-order valence-electron chi connectivity index (χ0n) is 11.2. The van der Waals surface area contributed by atoms with E-state index in [0.29, 0.717) is 0 Å². The summed E-state index contributed by atoms with van der Waals surface area (Å²) in [5.74, 6) is 1.45. The molecule has 0 radical (unpaired) electrons. The maximum absolute atomic E-state index is 5.34. The molecule has 0 amide bonds.